The van der Waals surface area contributed by atoms with Crippen LogP contribution >= 0.6 is 0 Å². The molecule has 24 heavy (non-hydrogen) atoms. The van der Waals surface area contributed by atoms with Crippen LogP contribution in [0.4, 0.5) is 0 Å². The van der Waals surface area contributed by atoms with Crippen molar-refractivity contribution in [3.8, 4) is 0 Å². The van der Waals surface area contributed by atoms with Crippen LogP contribution < -0.4 is 0 Å². The van der Waals surface area contributed by atoms with Crippen LogP contribution in [0, 0.1) is 11.8 Å². The Kier molecular flexibility index (Phi) is 4.83. The highest BCUT2D eigenvalue weighted by atomic mass is 16.4. The molecule has 0 spiro atoms. The molecule has 134 valence electrons. The molecule has 0 radical (unpaired) electrons. The van der Waals surface area contributed by atoms with Gasteiger partial charge in [0.25, 0.3) is 0 Å². The minimum Gasteiger partial charge on any atom is -0.480 e. The van der Waals surface area contributed by atoms with Gasteiger partial charge in [-0.05, 0) is 51.4 Å². The summed E-state index contributed by atoms with van der Waals surface area (Å²) in [6, 6.07) is -0.509. The number of nitrogens with zero attached hydrogens (tertiary/aromatic N) is 2. The fourth-order valence-corrected chi connectivity index (χ4v) is 4.17. The molecule has 3 fully saturated rings. The van der Waals surface area contributed by atoms with Gasteiger partial charge in [0, 0.05) is 25.0 Å². The van der Waals surface area contributed by atoms with Crippen molar-refractivity contribution in [1.29, 1.82) is 0 Å². The van der Waals surface area contributed by atoms with E-state index in [0.717, 1.165) is 44.4 Å². The van der Waals surface area contributed by atoms with Gasteiger partial charge in [0.05, 0.1) is 5.92 Å². The van der Waals surface area contributed by atoms with Crippen molar-refractivity contribution in [3.63, 3.8) is 0 Å². The third-order valence-electron chi connectivity index (χ3n) is 5.90. The number of aliphatic carboxylic acids is 1. The molecule has 1 saturated heterocycles. The molecular formula is C18H28N2O4. The number of likely N-dealkylation sites (tertiary alicyclic amines) is 1. The number of hydrogen-bond donors (Lipinski definition) is 1. The van der Waals surface area contributed by atoms with Crippen molar-refractivity contribution in [1.82, 2.24) is 9.80 Å². The van der Waals surface area contributed by atoms with Crippen molar-refractivity contribution in [2.75, 3.05) is 6.54 Å². The summed E-state index contributed by atoms with van der Waals surface area (Å²) >= 11 is 0. The van der Waals surface area contributed by atoms with Gasteiger partial charge in [-0.15, -0.1) is 0 Å². The van der Waals surface area contributed by atoms with Crippen molar-refractivity contribution in [2.24, 2.45) is 11.8 Å². The predicted molar refractivity (Wildman–Crippen MR) is 88.2 cm³/mol. The van der Waals surface area contributed by atoms with E-state index in [1.807, 2.05) is 4.90 Å². The van der Waals surface area contributed by atoms with Crippen LogP contribution in [0.5, 0.6) is 0 Å². The second-order valence-corrected chi connectivity index (χ2v) is 7.85. The largest absolute Gasteiger partial charge is 0.480 e. The van der Waals surface area contributed by atoms with E-state index < -0.39 is 12.0 Å². The Morgan fingerprint density at radius 1 is 1.17 bits per heavy atom. The van der Waals surface area contributed by atoms with Gasteiger partial charge in [0.2, 0.25) is 11.8 Å². The minimum absolute atomic E-state index is 0.0447. The third kappa shape index (κ3) is 3.42. The molecule has 2 saturated carbocycles. The molecule has 0 aromatic rings. The monoisotopic (exact) mass is 336 g/mol. The molecule has 2 aliphatic carbocycles. The maximum absolute atomic E-state index is 12.9. The predicted octanol–water partition coefficient (Wildman–Crippen LogP) is 1.88. The van der Waals surface area contributed by atoms with Crippen molar-refractivity contribution in [2.45, 2.75) is 76.9 Å². The number of rotatable bonds is 5. The first-order valence-electron chi connectivity index (χ1n) is 9.23. The van der Waals surface area contributed by atoms with Crippen LogP contribution in [0.3, 0.4) is 0 Å². The number of amides is 2. The minimum atomic E-state index is -0.974. The molecule has 1 N–H and O–H groups in total. The first-order valence-corrected chi connectivity index (χ1v) is 9.23. The van der Waals surface area contributed by atoms with Crippen LogP contribution in [0.1, 0.15) is 58.8 Å². The SMILES string of the molecule is CC1CCC(N2CC(C(=O)N(C3CC3)C(C)C(=O)O)CC2=O)CC1. The molecule has 0 bridgehead atoms. The zero-order valence-electron chi connectivity index (χ0n) is 14.6. The molecule has 6 nitrogen and oxygen atoms in total. The Morgan fingerprint density at radius 3 is 2.33 bits per heavy atom. The van der Waals surface area contributed by atoms with Crippen LogP contribution in [0.25, 0.3) is 0 Å². The highest BCUT2D eigenvalue weighted by Crippen LogP contribution is 2.35. The topological polar surface area (TPSA) is 77.9 Å². The zero-order chi connectivity index (χ0) is 17.4. The highest BCUT2D eigenvalue weighted by Gasteiger charge is 2.45. The number of carboxylic acids is 1. The second-order valence-electron chi connectivity index (χ2n) is 7.85. The maximum Gasteiger partial charge on any atom is 0.326 e. The average Bonchev–Trinajstić information content (AvgIpc) is 3.29. The van der Waals surface area contributed by atoms with E-state index in [9.17, 15) is 19.5 Å². The van der Waals surface area contributed by atoms with E-state index in [-0.39, 0.29) is 36.2 Å². The lowest BCUT2D eigenvalue weighted by Crippen LogP contribution is -2.48. The van der Waals surface area contributed by atoms with Gasteiger partial charge in [-0.1, -0.05) is 6.92 Å². The summed E-state index contributed by atoms with van der Waals surface area (Å²) in [5.41, 5.74) is 0. The lowest BCUT2D eigenvalue weighted by atomic mass is 9.86. The van der Waals surface area contributed by atoms with Gasteiger partial charge in [-0.25, -0.2) is 4.79 Å². The van der Waals surface area contributed by atoms with E-state index in [2.05, 4.69) is 6.92 Å². The summed E-state index contributed by atoms with van der Waals surface area (Å²) < 4.78 is 0. The molecule has 0 aromatic carbocycles. The van der Waals surface area contributed by atoms with E-state index in [1.54, 1.807) is 6.92 Å². The van der Waals surface area contributed by atoms with Crippen molar-refractivity contribution < 1.29 is 19.5 Å². The quantitative estimate of drug-likeness (QED) is 0.831. The molecule has 1 heterocycles. The van der Waals surface area contributed by atoms with Crippen LogP contribution in [0.15, 0.2) is 0 Å². The zero-order valence-corrected chi connectivity index (χ0v) is 14.6. The van der Waals surface area contributed by atoms with Crippen LogP contribution in [-0.4, -0.2) is 57.4 Å². The Morgan fingerprint density at radius 2 is 1.79 bits per heavy atom. The van der Waals surface area contributed by atoms with Gasteiger partial charge in [-0.3, -0.25) is 9.59 Å². The molecule has 1 aliphatic heterocycles. The fraction of sp³-hybridized carbons (Fsp3) is 0.833. The molecular weight excluding hydrogens is 308 g/mol. The Hall–Kier alpha value is -1.59. The van der Waals surface area contributed by atoms with Crippen LogP contribution in [-0.2, 0) is 14.4 Å². The summed E-state index contributed by atoms with van der Waals surface area (Å²) in [6.07, 6.45) is 6.29. The van der Waals surface area contributed by atoms with Gasteiger partial charge in [0.1, 0.15) is 6.04 Å². The Balaban J connectivity index is 1.65. The van der Waals surface area contributed by atoms with Crippen LogP contribution in [0.2, 0.25) is 0 Å². The third-order valence-corrected chi connectivity index (χ3v) is 5.90. The first-order chi connectivity index (χ1) is 11.4. The summed E-state index contributed by atoms with van der Waals surface area (Å²) in [5.74, 6) is -0.714. The summed E-state index contributed by atoms with van der Waals surface area (Å²) in [6.45, 7) is 4.27. The second kappa shape index (κ2) is 6.73. The number of hydrogen-bond acceptors (Lipinski definition) is 3. The lowest BCUT2D eigenvalue weighted by molar-refractivity contribution is -0.151. The molecule has 0 aromatic heterocycles. The smallest absolute Gasteiger partial charge is 0.326 e. The van der Waals surface area contributed by atoms with Gasteiger partial charge in [0.15, 0.2) is 0 Å². The van der Waals surface area contributed by atoms with Crippen molar-refractivity contribution >= 4 is 17.8 Å². The highest BCUT2D eigenvalue weighted by molar-refractivity contribution is 5.91. The Bertz CT molecular complexity index is 523. The van der Waals surface area contributed by atoms with E-state index >= 15 is 0 Å². The average molecular weight is 336 g/mol. The standard InChI is InChI=1S/C18H28N2O4/c1-11-3-5-14(6-4-11)19-10-13(9-16(19)21)17(22)20(15-7-8-15)12(2)18(23)24/h11-15H,3-10H2,1-2H3,(H,23,24). The molecule has 3 rings (SSSR count). The summed E-state index contributed by atoms with van der Waals surface area (Å²) in [7, 11) is 0. The Labute approximate surface area is 143 Å². The first kappa shape index (κ1) is 17.2. The van der Waals surface area contributed by atoms with E-state index in [0.29, 0.717) is 6.54 Å². The molecule has 2 unspecified atom stereocenters. The van der Waals surface area contributed by atoms with Crippen molar-refractivity contribution in [3.05, 3.63) is 0 Å². The van der Waals surface area contributed by atoms with E-state index in [1.165, 1.54) is 4.90 Å². The maximum atomic E-state index is 12.9. The summed E-state index contributed by atoms with van der Waals surface area (Å²) in [4.78, 5) is 40.0. The van der Waals surface area contributed by atoms with Gasteiger partial charge < -0.3 is 14.9 Å². The molecule has 3 aliphatic rings. The van der Waals surface area contributed by atoms with Gasteiger partial charge >= 0.3 is 5.97 Å². The molecule has 2 amide bonds. The number of carbonyl (C=O) groups is 3. The molecule has 6 heteroatoms. The van der Waals surface area contributed by atoms with Gasteiger partial charge in [-0.2, -0.15) is 0 Å². The van der Waals surface area contributed by atoms with E-state index in [4.69, 9.17) is 0 Å². The number of carbonyl (C=O) groups excluding carboxylic acids is 2. The lowest BCUT2D eigenvalue weighted by Gasteiger charge is -2.34. The summed E-state index contributed by atoms with van der Waals surface area (Å²) in [5, 5.41) is 9.28. The fourth-order valence-electron chi connectivity index (χ4n) is 4.17. The number of carboxylic acid groups (broad SMARTS) is 1. The normalized spacial score (nSPS) is 31.8. The molecule has 2 atom stereocenters.